The number of nitrogens with zero attached hydrogens (tertiary/aromatic N) is 2. The number of carbonyl (C=O) groups is 1. The molecular weight excluding hydrogens is 376 g/mol. The van der Waals surface area contributed by atoms with Gasteiger partial charge in [0.15, 0.2) is 0 Å². The summed E-state index contributed by atoms with van der Waals surface area (Å²) in [4.78, 5) is 19.6. The number of thiocarbonyl (C=S) groups is 1. The Morgan fingerprint density at radius 2 is 1.96 bits per heavy atom. The highest BCUT2D eigenvalue weighted by molar-refractivity contribution is 8.26. The lowest BCUT2D eigenvalue weighted by Crippen LogP contribution is -2.27. The molecule has 1 fully saturated rings. The van der Waals surface area contributed by atoms with Crippen molar-refractivity contribution in [1.29, 1.82) is 0 Å². The van der Waals surface area contributed by atoms with E-state index in [0.29, 0.717) is 15.8 Å². The maximum atomic E-state index is 12.8. The van der Waals surface area contributed by atoms with Gasteiger partial charge in [-0.15, -0.1) is 0 Å². The molecule has 3 aromatic rings. The molecule has 0 atom stereocenters. The lowest BCUT2D eigenvalue weighted by atomic mass is 10.2. The molecule has 1 aromatic heterocycles. The minimum atomic E-state index is -0.0783. The van der Waals surface area contributed by atoms with Crippen LogP contribution >= 0.6 is 24.0 Å². The molecule has 0 N–H and O–H groups in total. The molecular formula is C21H16N2O2S2. The summed E-state index contributed by atoms with van der Waals surface area (Å²) in [5.74, 6) is 0.712. The van der Waals surface area contributed by atoms with Crippen LogP contribution in [-0.4, -0.2) is 27.2 Å². The largest absolute Gasteiger partial charge is 0.497 e. The second kappa shape index (κ2) is 7.50. The van der Waals surface area contributed by atoms with E-state index >= 15 is 0 Å². The molecule has 0 spiro atoms. The Kier molecular flexibility index (Phi) is 4.92. The van der Waals surface area contributed by atoms with Crippen LogP contribution in [0.2, 0.25) is 0 Å². The van der Waals surface area contributed by atoms with Gasteiger partial charge in [0, 0.05) is 5.39 Å². The van der Waals surface area contributed by atoms with Gasteiger partial charge in [-0.25, -0.2) is 4.98 Å². The Bertz CT molecular complexity index is 1060. The summed E-state index contributed by atoms with van der Waals surface area (Å²) in [5, 5.41) is 0.989. The highest BCUT2D eigenvalue weighted by Crippen LogP contribution is 2.33. The van der Waals surface area contributed by atoms with E-state index in [1.54, 1.807) is 18.1 Å². The third-order valence-electron chi connectivity index (χ3n) is 4.25. The summed E-state index contributed by atoms with van der Waals surface area (Å²) in [6, 6.07) is 19.4. The van der Waals surface area contributed by atoms with Gasteiger partial charge < -0.3 is 4.74 Å². The van der Waals surface area contributed by atoms with Crippen LogP contribution in [0, 0.1) is 0 Å². The number of thioether (sulfide) groups is 1. The zero-order valence-corrected chi connectivity index (χ0v) is 16.2. The quantitative estimate of drug-likeness (QED) is 0.478. The van der Waals surface area contributed by atoms with Crippen molar-refractivity contribution in [1.82, 2.24) is 9.88 Å². The number of rotatable bonds is 4. The SMILES string of the molecule is COc1ccc2nc(/C=C3\SC(=S)N(Cc4ccccc4)C3=O)ccc2c1. The molecule has 2 heterocycles. The lowest BCUT2D eigenvalue weighted by molar-refractivity contribution is -0.122. The van der Waals surface area contributed by atoms with Crippen LogP contribution in [0.1, 0.15) is 11.3 Å². The average Bonchev–Trinajstić information content (AvgIpc) is 2.95. The number of fused-ring (bicyclic) bond motifs is 1. The number of aromatic nitrogens is 1. The monoisotopic (exact) mass is 392 g/mol. The van der Waals surface area contributed by atoms with Crippen molar-refractivity contribution in [2.75, 3.05) is 7.11 Å². The van der Waals surface area contributed by atoms with Crippen LogP contribution in [0.5, 0.6) is 5.75 Å². The molecule has 1 saturated heterocycles. The van der Waals surface area contributed by atoms with Gasteiger partial charge in [0.1, 0.15) is 10.1 Å². The topological polar surface area (TPSA) is 42.4 Å². The zero-order valence-electron chi connectivity index (χ0n) is 14.6. The van der Waals surface area contributed by atoms with Crippen LogP contribution in [0.3, 0.4) is 0 Å². The lowest BCUT2D eigenvalue weighted by Gasteiger charge is -2.14. The molecule has 0 bridgehead atoms. The van der Waals surface area contributed by atoms with Crippen molar-refractivity contribution in [3.8, 4) is 5.75 Å². The molecule has 1 aliphatic rings. The number of hydrogen-bond acceptors (Lipinski definition) is 5. The number of ether oxygens (including phenoxy) is 1. The second-order valence-corrected chi connectivity index (χ2v) is 7.72. The van der Waals surface area contributed by atoms with Crippen molar-refractivity contribution < 1.29 is 9.53 Å². The number of pyridine rings is 1. The highest BCUT2D eigenvalue weighted by Gasteiger charge is 2.32. The first-order chi connectivity index (χ1) is 13.1. The first kappa shape index (κ1) is 17.7. The number of methoxy groups -OCH3 is 1. The van der Waals surface area contributed by atoms with E-state index < -0.39 is 0 Å². The summed E-state index contributed by atoms with van der Waals surface area (Å²) < 4.78 is 5.81. The first-order valence-electron chi connectivity index (χ1n) is 8.38. The van der Waals surface area contributed by atoms with Gasteiger partial charge in [-0.2, -0.15) is 0 Å². The van der Waals surface area contributed by atoms with Gasteiger partial charge in [0.25, 0.3) is 5.91 Å². The fourth-order valence-corrected chi connectivity index (χ4v) is 4.10. The molecule has 134 valence electrons. The molecule has 0 radical (unpaired) electrons. The number of amides is 1. The summed E-state index contributed by atoms with van der Waals surface area (Å²) >= 11 is 6.72. The number of benzene rings is 2. The van der Waals surface area contributed by atoms with Crippen molar-refractivity contribution in [2.24, 2.45) is 0 Å². The minimum absolute atomic E-state index is 0.0783. The van der Waals surface area contributed by atoms with Crippen molar-refractivity contribution in [3.05, 3.63) is 76.8 Å². The summed E-state index contributed by atoms with van der Waals surface area (Å²) in [5.41, 5.74) is 2.63. The van der Waals surface area contributed by atoms with E-state index in [1.807, 2.05) is 60.7 Å². The normalized spacial score (nSPS) is 15.7. The zero-order chi connectivity index (χ0) is 18.8. The molecule has 4 rings (SSSR count). The Balaban J connectivity index is 1.59. The predicted molar refractivity (Wildman–Crippen MR) is 113 cm³/mol. The second-order valence-electron chi connectivity index (χ2n) is 6.05. The fourth-order valence-electron chi connectivity index (χ4n) is 2.86. The first-order valence-corrected chi connectivity index (χ1v) is 9.60. The standard InChI is InChI=1S/C21H16N2O2S2/c1-25-17-9-10-18-15(11-17)7-8-16(22-18)12-19-20(24)23(21(26)27-19)13-14-5-3-2-4-6-14/h2-12H,13H2,1H3/b19-12-. The van der Waals surface area contributed by atoms with Crippen molar-refractivity contribution in [2.45, 2.75) is 6.54 Å². The molecule has 27 heavy (non-hydrogen) atoms. The predicted octanol–water partition coefficient (Wildman–Crippen LogP) is 4.64. The Morgan fingerprint density at radius 3 is 2.74 bits per heavy atom. The van der Waals surface area contributed by atoms with Gasteiger partial charge >= 0.3 is 0 Å². The van der Waals surface area contributed by atoms with Crippen LogP contribution in [-0.2, 0) is 11.3 Å². The highest BCUT2D eigenvalue weighted by atomic mass is 32.2. The van der Waals surface area contributed by atoms with E-state index in [-0.39, 0.29) is 5.91 Å². The third-order valence-corrected chi connectivity index (χ3v) is 5.63. The fraction of sp³-hybridized carbons (Fsp3) is 0.0952. The summed E-state index contributed by atoms with van der Waals surface area (Å²) in [7, 11) is 1.64. The van der Waals surface area contributed by atoms with Crippen molar-refractivity contribution >= 4 is 51.2 Å². The molecule has 1 aliphatic heterocycles. The minimum Gasteiger partial charge on any atom is -0.497 e. The smallest absolute Gasteiger partial charge is 0.266 e. The summed E-state index contributed by atoms with van der Waals surface area (Å²) in [6.07, 6.45) is 1.80. The maximum Gasteiger partial charge on any atom is 0.266 e. The van der Waals surface area contributed by atoms with E-state index in [9.17, 15) is 4.79 Å². The Labute approximate surface area is 166 Å². The van der Waals surface area contributed by atoms with Gasteiger partial charge in [-0.05, 0) is 35.9 Å². The average molecular weight is 393 g/mol. The number of hydrogen-bond donors (Lipinski definition) is 0. The Hall–Kier alpha value is -2.70. The molecule has 0 unspecified atom stereocenters. The molecule has 4 nitrogen and oxygen atoms in total. The molecule has 0 aliphatic carbocycles. The van der Waals surface area contributed by atoms with Crippen LogP contribution in [0.25, 0.3) is 17.0 Å². The van der Waals surface area contributed by atoms with Crippen LogP contribution in [0.4, 0.5) is 0 Å². The summed E-state index contributed by atoms with van der Waals surface area (Å²) in [6.45, 7) is 0.480. The third kappa shape index (κ3) is 3.72. The van der Waals surface area contributed by atoms with Gasteiger partial charge in [-0.3, -0.25) is 9.69 Å². The molecule has 6 heteroatoms. The molecule has 1 amide bonds. The number of carbonyl (C=O) groups excluding carboxylic acids is 1. The van der Waals surface area contributed by atoms with Crippen molar-refractivity contribution in [3.63, 3.8) is 0 Å². The van der Waals surface area contributed by atoms with Gasteiger partial charge in [0.05, 0.1) is 29.8 Å². The van der Waals surface area contributed by atoms with E-state index in [2.05, 4.69) is 4.98 Å². The van der Waals surface area contributed by atoms with Gasteiger partial charge in [-0.1, -0.05) is 60.4 Å². The van der Waals surface area contributed by atoms with E-state index in [0.717, 1.165) is 27.9 Å². The van der Waals surface area contributed by atoms with Crippen LogP contribution in [0.15, 0.2) is 65.6 Å². The van der Waals surface area contributed by atoms with Crippen LogP contribution < -0.4 is 4.74 Å². The van der Waals surface area contributed by atoms with E-state index in [1.165, 1.54) is 11.8 Å². The Morgan fingerprint density at radius 1 is 1.15 bits per heavy atom. The molecule has 0 saturated carbocycles. The molecule has 2 aromatic carbocycles. The van der Waals surface area contributed by atoms with E-state index in [4.69, 9.17) is 17.0 Å². The van der Waals surface area contributed by atoms with Gasteiger partial charge in [0.2, 0.25) is 0 Å². The maximum absolute atomic E-state index is 12.8.